The summed E-state index contributed by atoms with van der Waals surface area (Å²) in [5.74, 6) is -0.711. The number of anilines is 2. The standard InChI is InChI=1S/C27H24N4O4S/c1-4-13-30-18-11-7-6-10-17(18)27(25(30)34)21-22(32)16-9-5-8-12-19(16)35-23(21)24(33)31(27)26-29-28-20(36-26)14-15(2)3/h5-12,15H,4,13-14H2,1-3H3. The van der Waals surface area contributed by atoms with Crippen LogP contribution in [0.5, 0.6) is 0 Å². The molecule has 1 unspecified atom stereocenters. The van der Waals surface area contributed by atoms with Crippen molar-refractivity contribution in [2.75, 3.05) is 16.3 Å². The Morgan fingerprint density at radius 1 is 1.03 bits per heavy atom. The third kappa shape index (κ3) is 2.89. The number of benzene rings is 2. The predicted octanol–water partition coefficient (Wildman–Crippen LogP) is 4.50. The monoisotopic (exact) mass is 500 g/mol. The molecule has 2 aromatic carbocycles. The molecule has 6 rings (SSSR count). The predicted molar refractivity (Wildman–Crippen MR) is 138 cm³/mol. The van der Waals surface area contributed by atoms with Gasteiger partial charge in [0.25, 0.3) is 11.8 Å². The Balaban J connectivity index is 1.71. The van der Waals surface area contributed by atoms with Gasteiger partial charge in [-0.1, -0.05) is 62.4 Å². The normalized spacial score (nSPS) is 18.7. The van der Waals surface area contributed by atoms with Gasteiger partial charge in [-0.3, -0.25) is 19.3 Å². The number of aromatic nitrogens is 2. The molecule has 8 nitrogen and oxygen atoms in total. The Kier molecular flexibility index (Phi) is 5.08. The van der Waals surface area contributed by atoms with Crippen LogP contribution in [-0.4, -0.2) is 28.6 Å². The summed E-state index contributed by atoms with van der Waals surface area (Å²) in [6, 6.07) is 14.1. The Morgan fingerprint density at radius 3 is 2.56 bits per heavy atom. The molecular weight excluding hydrogens is 476 g/mol. The number of fused-ring (bicyclic) bond motifs is 5. The van der Waals surface area contributed by atoms with Gasteiger partial charge in [0.15, 0.2) is 11.0 Å². The van der Waals surface area contributed by atoms with Gasteiger partial charge >= 0.3 is 0 Å². The number of hydrogen-bond donors (Lipinski definition) is 0. The highest BCUT2D eigenvalue weighted by molar-refractivity contribution is 7.15. The summed E-state index contributed by atoms with van der Waals surface area (Å²) < 4.78 is 6.06. The summed E-state index contributed by atoms with van der Waals surface area (Å²) in [6.45, 7) is 6.58. The first-order chi connectivity index (χ1) is 17.4. The molecule has 1 atom stereocenters. The molecule has 2 amide bonds. The van der Waals surface area contributed by atoms with Crippen LogP contribution in [0.4, 0.5) is 10.8 Å². The zero-order valence-corrected chi connectivity index (χ0v) is 21.0. The summed E-state index contributed by atoms with van der Waals surface area (Å²) in [6.07, 6.45) is 1.40. The molecule has 4 aromatic rings. The minimum Gasteiger partial charge on any atom is -0.450 e. The molecule has 36 heavy (non-hydrogen) atoms. The van der Waals surface area contributed by atoms with Gasteiger partial charge in [-0.05, 0) is 30.5 Å². The van der Waals surface area contributed by atoms with Crippen molar-refractivity contribution in [3.8, 4) is 0 Å². The van der Waals surface area contributed by atoms with Gasteiger partial charge in [-0.2, -0.15) is 0 Å². The van der Waals surface area contributed by atoms with Gasteiger partial charge in [-0.25, -0.2) is 0 Å². The van der Waals surface area contributed by atoms with Crippen molar-refractivity contribution in [3.63, 3.8) is 0 Å². The highest BCUT2D eigenvalue weighted by Gasteiger charge is 2.66. The first-order valence-electron chi connectivity index (χ1n) is 12.0. The molecule has 0 radical (unpaired) electrons. The zero-order valence-electron chi connectivity index (χ0n) is 20.1. The molecule has 0 saturated heterocycles. The molecule has 0 saturated carbocycles. The largest absolute Gasteiger partial charge is 0.450 e. The fourth-order valence-electron chi connectivity index (χ4n) is 5.32. The molecule has 9 heteroatoms. The average Bonchev–Trinajstić information content (AvgIpc) is 3.49. The van der Waals surface area contributed by atoms with Crippen LogP contribution in [-0.2, 0) is 16.8 Å². The van der Waals surface area contributed by atoms with E-state index in [-0.39, 0.29) is 22.4 Å². The van der Waals surface area contributed by atoms with E-state index >= 15 is 0 Å². The second-order valence-corrected chi connectivity index (χ2v) is 10.6. The van der Waals surface area contributed by atoms with Crippen LogP contribution in [0.3, 0.4) is 0 Å². The maximum Gasteiger partial charge on any atom is 0.297 e. The first kappa shape index (κ1) is 22.6. The quantitative estimate of drug-likeness (QED) is 0.400. The van der Waals surface area contributed by atoms with E-state index in [2.05, 4.69) is 24.0 Å². The Labute approximate surface area is 211 Å². The summed E-state index contributed by atoms with van der Waals surface area (Å²) in [5, 5.41) is 10.00. The minimum absolute atomic E-state index is 0.0443. The van der Waals surface area contributed by atoms with Crippen LogP contribution in [0.1, 0.15) is 53.9 Å². The van der Waals surface area contributed by atoms with Crippen LogP contribution in [0.25, 0.3) is 11.0 Å². The van der Waals surface area contributed by atoms with Gasteiger partial charge in [0.1, 0.15) is 10.6 Å². The summed E-state index contributed by atoms with van der Waals surface area (Å²) >= 11 is 1.26. The summed E-state index contributed by atoms with van der Waals surface area (Å²) in [7, 11) is 0. The fourth-order valence-corrected chi connectivity index (χ4v) is 6.42. The van der Waals surface area contributed by atoms with E-state index in [0.29, 0.717) is 47.5 Å². The highest BCUT2D eigenvalue weighted by Crippen LogP contribution is 2.54. The number of amides is 2. The Bertz CT molecular complexity index is 1610. The van der Waals surface area contributed by atoms with E-state index in [1.165, 1.54) is 16.2 Å². The number of para-hydroxylation sites is 2. The van der Waals surface area contributed by atoms with Crippen molar-refractivity contribution in [2.45, 2.75) is 39.2 Å². The lowest BCUT2D eigenvalue weighted by molar-refractivity contribution is -0.121. The second kappa shape index (κ2) is 8.09. The minimum atomic E-state index is -1.71. The third-order valence-corrected chi connectivity index (χ3v) is 7.64. The molecular formula is C27H24N4O4S. The number of nitrogens with zero attached hydrogens (tertiary/aromatic N) is 4. The topological polar surface area (TPSA) is 96.6 Å². The Hall–Kier alpha value is -3.85. The number of hydrogen-bond acceptors (Lipinski definition) is 7. The van der Waals surface area contributed by atoms with Gasteiger partial charge in [0.2, 0.25) is 10.9 Å². The Morgan fingerprint density at radius 2 is 1.78 bits per heavy atom. The van der Waals surface area contributed by atoms with Crippen molar-refractivity contribution in [3.05, 3.63) is 80.6 Å². The number of rotatable bonds is 5. The van der Waals surface area contributed by atoms with E-state index < -0.39 is 16.9 Å². The van der Waals surface area contributed by atoms with Crippen LogP contribution in [0, 0.1) is 5.92 Å². The third-order valence-electron chi connectivity index (χ3n) is 6.71. The van der Waals surface area contributed by atoms with Crippen LogP contribution >= 0.6 is 11.3 Å². The van der Waals surface area contributed by atoms with Crippen molar-refractivity contribution in [1.29, 1.82) is 0 Å². The molecule has 0 bridgehead atoms. The maximum absolute atomic E-state index is 14.4. The molecule has 2 aliphatic rings. The lowest BCUT2D eigenvalue weighted by Crippen LogP contribution is -2.53. The molecule has 1 spiro atoms. The van der Waals surface area contributed by atoms with Gasteiger partial charge in [0, 0.05) is 18.5 Å². The van der Waals surface area contributed by atoms with E-state index in [1.54, 1.807) is 29.2 Å². The van der Waals surface area contributed by atoms with E-state index in [9.17, 15) is 14.4 Å². The van der Waals surface area contributed by atoms with Gasteiger partial charge in [0.05, 0.1) is 16.6 Å². The van der Waals surface area contributed by atoms with Crippen LogP contribution in [0.2, 0.25) is 0 Å². The molecule has 2 aliphatic heterocycles. The molecule has 0 N–H and O–H groups in total. The molecule has 0 fully saturated rings. The maximum atomic E-state index is 14.4. The van der Waals surface area contributed by atoms with E-state index in [4.69, 9.17) is 4.42 Å². The lowest BCUT2D eigenvalue weighted by Gasteiger charge is -2.32. The molecule has 182 valence electrons. The average molecular weight is 501 g/mol. The highest BCUT2D eigenvalue weighted by atomic mass is 32.1. The number of carbonyl (C=O) groups excluding carboxylic acids is 2. The summed E-state index contributed by atoms with van der Waals surface area (Å²) in [4.78, 5) is 45.6. The van der Waals surface area contributed by atoms with E-state index in [1.807, 2.05) is 31.2 Å². The SMILES string of the molecule is CCCN1C(=O)C2(c3ccccc31)c1c(oc3ccccc3c1=O)C(=O)N2c1nnc(CC(C)C)s1. The van der Waals surface area contributed by atoms with Crippen molar-refractivity contribution in [2.24, 2.45) is 5.92 Å². The van der Waals surface area contributed by atoms with Gasteiger partial charge < -0.3 is 9.32 Å². The molecule has 2 aromatic heterocycles. The van der Waals surface area contributed by atoms with Gasteiger partial charge in [-0.15, -0.1) is 10.2 Å². The smallest absolute Gasteiger partial charge is 0.297 e. The van der Waals surface area contributed by atoms with Crippen LogP contribution in [0.15, 0.2) is 57.7 Å². The first-order valence-corrected chi connectivity index (χ1v) is 12.9. The zero-order chi connectivity index (χ0) is 25.2. The lowest BCUT2D eigenvalue weighted by atomic mass is 9.84. The molecule has 0 aliphatic carbocycles. The van der Waals surface area contributed by atoms with E-state index in [0.717, 1.165) is 5.01 Å². The second-order valence-electron chi connectivity index (χ2n) is 9.53. The van der Waals surface area contributed by atoms with Crippen molar-refractivity contribution < 1.29 is 14.0 Å². The summed E-state index contributed by atoms with van der Waals surface area (Å²) in [5.41, 5.74) is -0.516. The van der Waals surface area contributed by atoms with Crippen molar-refractivity contribution in [1.82, 2.24) is 10.2 Å². The number of carbonyl (C=O) groups is 2. The van der Waals surface area contributed by atoms with Crippen LogP contribution < -0.4 is 15.2 Å². The molecule has 4 heterocycles. The van der Waals surface area contributed by atoms with Crippen molar-refractivity contribution >= 4 is 44.9 Å². The fraction of sp³-hybridized carbons (Fsp3) is 0.296.